The summed E-state index contributed by atoms with van der Waals surface area (Å²) >= 11 is 1.56. The van der Waals surface area contributed by atoms with E-state index in [-0.39, 0.29) is 29.1 Å². The number of aromatic nitrogens is 2. The van der Waals surface area contributed by atoms with Gasteiger partial charge in [-0.15, -0.1) is 11.3 Å². The third-order valence-electron chi connectivity index (χ3n) is 11.3. The molecule has 0 aromatic carbocycles. The van der Waals surface area contributed by atoms with E-state index in [1.807, 2.05) is 31.7 Å². The second-order valence-electron chi connectivity index (χ2n) is 15.6. The third-order valence-corrected chi connectivity index (χ3v) is 12.4. The molecule has 252 valence electrons. The average molecular weight is 665 g/mol. The Morgan fingerprint density at radius 1 is 1.15 bits per heavy atom. The molecule has 5 aliphatic heterocycles. The van der Waals surface area contributed by atoms with Gasteiger partial charge in [0.1, 0.15) is 35.3 Å². The topological polar surface area (TPSA) is 124 Å². The molecule has 2 bridgehead atoms. The monoisotopic (exact) mass is 664 g/mol. The second-order valence-corrected chi connectivity index (χ2v) is 16.8. The summed E-state index contributed by atoms with van der Waals surface area (Å²) in [5.74, 6) is 1.89. The Labute approximate surface area is 279 Å². The number of halogens is 1. The molecule has 8 rings (SSSR count). The highest BCUT2D eigenvalue weighted by Crippen LogP contribution is 2.51. The van der Waals surface area contributed by atoms with Crippen LogP contribution < -0.4 is 20.3 Å². The number of carbonyl (C=O) groups is 1. The highest BCUT2D eigenvalue weighted by Gasteiger charge is 2.52. The summed E-state index contributed by atoms with van der Waals surface area (Å²) in [5, 5.41) is 10.6. The molecular formula is C34H45FN8O3S. The molecule has 1 spiro atoms. The van der Waals surface area contributed by atoms with Crippen molar-refractivity contribution in [3.63, 3.8) is 0 Å². The maximum Gasteiger partial charge on any atom is 0.410 e. The summed E-state index contributed by atoms with van der Waals surface area (Å²) in [6.45, 7) is 10.2. The lowest BCUT2D eigenvalue weighted by molar-refractivity contribution is 0.0122. The van der Waals surface area contributed by atoms with Gasteiger partial charge < -0.3 is 25.0 Å². The van der Waals surface area contributed by atoms with Crippen molar-refractivity contribution in [2.24, 2.45) is 0 Å². The van der Waals surface area contributed by atoms with E-state index in [1.165, 1.54) is 4.88 Å². The number of alkyl halides is 1. The van der Waals surface area contributed by atoms with Crippen LogP contribution in [0.25, 0.3) is 0 Å². The number of nitrogens with two attached hydrogens (primary N) is 1. The average Bonchev–Trinajstić information content (AvgIpc) is 3.70. The number of nitriles is 1. The van der Waals surface area contributed by atoms with Crippen molar-refractivity contribution in [3.05, 3.63) is 22.1 Å². The summed E-state index contributed by atoms with van der Waals surface area (Å²) in [6.07, 6.45) is 6.29. The number of nitrogen functional groups attached to an aromatic ring is 1. The number of amides is 1. The van der Waals surface area contributed by atoms with Crippen molar-refractivity contribution in [1.82, 2.24) is 19.8 Å². The lowest BCUT2D eigenvalue weighted by Gasteiger charge is -2.52. The highest BCUT2D eigenvalue weighted by molar-refractivity contribution is 7.16. The maximum absolute atomic E-state index is 14.5. The van der Waals surface area contributed by atoms with Crippen LogP contribution in [0.4, 0.5) is 26.0 Å². The zero-order valence-corrected chi connectivity index (χ0v) is 28.5. The van der Waals surface area contributed by atoms with E-state index in [9.17, 15) is 14.4 Å². The molecule has 13 heteroatoms. The number of thiophene rings is 1. The minimum Gasteiger partial charge on any atom is -0.476 e. The van der Waals surface area contributed by atoms with Gasteiger partial charge in [0, 0.05) is 55.5 Å². The highest BCUT2D eigenvalue weighted by atomic mass is 32.1. The first-order valence-corrected chi connectivity index (χ1v) is 18.0. The molecule has 11 nitrogen and oxygen atoms in total. The number of ether oxygens (including phenoxy) is 2. The van der Waals surface area contributed by atoms with Gasteiger partial charge in [-0.1, -0.05) is 0 Å². The Morgan fingerprint density at radius 2 is 1.91 bits per heavy atom. The van der Waals surface area contributed by atoms with Crippen molar-refractivity contribution in [1.29, 1.82) is 5.26 Å². The van der Waals surface area contributed by atoms with Crippen LogP contribution in [0, 0.1) is 11.3 Å². The third kappa shape index (κ3) is 5.26. The fraction of sp³-hybridized carbons (Fsp3) is 0.706. The van der Waals surface area contributed by atoms with Crippen LogP contribution in [0.3, 0.4) is 0 Å². The lowest BCUT2D eigenvalue weighted by Crippen LogP contribution is -2.61. The molecule has 2 N–H and O–H groups in total. The van der Waals surface area contributed by atoms with Crippen molar-refractivity contribution < 1.29 is 18.7 Å². The van der Waals surface area contributed by atoms with Gasteiger partial charge in [0.2, 0.25) is 11.8 Å². The zero-order valence-electron chi connectivity index (χ0n) is 27.6. The van der Waals surface area contributed by atoms with Gasteiger partial charge in [0.15, 0.2) is 0 Å². The molecule has 4 atom stereocenters. The Bertz CT molecular complexity index is 1600. The SMILES string of the molecule is CC(C)(C)OC(=O)N1C2CCC1CN(c1cc(OC[C@@]34CCCN3C[C@H](F)C4)nc(N3CC4(CCCc5sc(N)c(C#N)c54)C3)n1)C2. The van der Waals surface area contributed by atoms with Crippen LogP contribution in [0.15, 0.2) is 6.07 Å². The number of hydrogen-bond acceptors (Lipinski definition) is 11. The fourth-order valence-electron chi connectivity index (χ4n) is 9.34. The number of nitrogens with zero attached hydrogens (tertiary/aromatic N) is 7. The first kappa shape index (κ1) is 30.9. The molecule has 1 aliphatic carbocycles. The van der Waals surface area contributed by atoms with E-state index in [0.717, 1.165) is 62.9 Å². The van der Waals surface area contributed by atoms with Gasteiger partial charge in [-0.3, -0.25) is 9.80 Å². The molecule has 7 heterocycles. The molecule has 0 radical (unpaired) electrons. The molecule has 5 fully saturated rings. The van der Waals surface area contributed by atoms with Gasteiger partial charge in [-0.25, -0.2) is 9.18 Å². The van der Waals surface area contributed by atoms with Crippen LogP contribution >= 0.6 is 11.3 Å². The summed E-state index contributed by atoms with van der Waals surface area (Å²) in [7, 11) is 0. The first-order valence-electron chi connectivity index (χ1n) is 17.2. The van der Waals surface area contributed by atoms with Crippen LogP contribution in [0.1, 0.15) is 81.7 Å². The summed E-state index contributed by atoms with van der Waals surface area (Å²) in [4.78, 5) is 33.1. The standard InChI is InChI=1S/C34H45FN8O3S/c1-32(2,3)46-31(44)43-22-7-8-23(43)17-40(16-22)26-12-27(45-20-34-10-5-11-42(34)15-21(35)13-34)39-30(38-26)41-18-33(19-41)9-4-6-25-28(33)24(14-36)29(37)47-25/h12,21-23H,4-11,13,15-20,37H2,1-3H3/t21-,22?,23?,34+/m1/s1. The van der Waals surface area contributed by atoms with Crippen LogP contribution in [0.5, 0.6) is 5.88 Å². The van der Waals surface area contributed by atoms with Gasteiger partial charge in [0.25, 0.3) is 0 Å². The van der Waals surface area contributed by atoms with Gasteiger partial charge in [-0.05, 0) is 77.8 Å². The van der Waals surface area contributed by atoms with Crippen LogP contribution in [-0.4, -0.2) is 101 Å². The first-order chi connectivity index (χ1) is 22.5. The molecule has 0 saturated carbocycles. The minimum absolute atomic E-state index is 0.0405. The number of fused-ring (bicyclic) bond motifs is 5. The second kappa shape index (κ2) is 11.1. The number of rotatable bonds is 5. The van der Waals surface area contributed by atoms with E-state index in [2.05, 4.69) is 20.8 Å². The number of anilines is 3. The molecule has 2 unspecified atom stereocenters. The summed E-state index contributed by atoms with van der Waals surface area (Å²) in [5.41, 5.74) is 7.11. The predicted molar refractivity (Wildman–Crippen MR) is 178 cm³/mol. The largest absolute Gasteiger partial charge is 0.476 e. The van der Waals surface area contributed by atoms with E-state index in [1.54, 1.807) is 11.3 Å². The molecule has 2 aromatic heterocycles. The number of aryl methyl sites for hydroxylation is 1. The van der Waals surface area contributed by atoms with Crippen molar-refractivity contribution >= 4 is 34.2 Å². The van der Waals surface area contributed by atoms with Crippen molar-refractivity contribution in [2.75, 3.05) is 61.4 Å². The van der Waals surface area contributed by atoms with Crippen LogP contribution in [0.2, 0.25) is 0 Å². The van der Waals surface area contributed by atoms with Gasteiger partial charge >= 0.3 is 6.09 Å². The number of carbonyl (C=O) groups excluding carboxylic acids is 1. The van der Waals surface area contributed by atoms with Gasteiger partial charge in [-0.2, -0.15) is 15.2 Å². The Hall–Kier alpha value is -3.37. The Morgan fingerprint density at radius 3 is 2.64 bits per heavy atom. The van der Waals surface area contributed by atoms with Crippen LogP contribution in [-0.2, 0) is 16.6 Å². The fourth-order valence-corrected chi connectivity index (χ4v) is 10.5. The minimum atomic E-state index is -0.825. The number of hydrogen-bond donors (Lipinski definition) is 1. The molecule has 2 aromatic rings. The Balaban J connectivity index is 1.07. The Kier molecular flexibility index (Phi) is 7.30. The number of piperazine rings is 1. The van der Waals surface area contributed by atoms with E-state index in [4.69, 9.17) is 25.2 Å². The molecule has 6 aliphatic rings. The zero-order chi connectivity index (χ0) is 32.7. The maximum atomic E-state index is 14.5. The normalized spacial score (nSPS) is 29.4. The summed E-state index contributed by atoms with van der Waals surface area (Å²) < 4.78 is 26.8. The predicted octanol–water partition coefficient (Wildman–Crippen LogP) is 4.63. The summed E-state index contributed by atoms with van der Waals surface area (Å²) in [6, 6.07) is 4.39. The van der Waals surface area contributed by atoms with E-state index < -0.39 is 11.8 Å². The van der Waals surface area contributed by atoms with Gasteiger partial charge in [0.05, 0.1) is 23.2 Å². The molecular weight excluding hydrogens is 619 g/mol. The molecule has 1 amide bonds. The molecule has 47 heavy (non-hydrogen) atoms. The molecule has 5 saturated heterocycles. The van der Waals surface area contributed by atoms with Crippen molar-refractivity contribution in [3.8, 4) is 11.9 Å². The van der Waals surface area contributed by atoms with E-state index >= 15 is 0 Å². The quantitative estimate of drug-likeness (QED) is 0.484. The van der Waals surface area contributed by atoms with E-state index in [0.29, 0.717) is 68.1 Å². The van der Waals surface area contributed by atoms with Crippen molar-refractivity contribution in [2.45, 2.75) is 107 Å². The lowest BCUT2D eigenvalue weighted by atomic mass is 9.66. The smallest absolute Gasteiger partial charge is 0.410 e.